The standard InChI is InChI=1S/C17H29IN2Si/c1-11(2)21(12(3)4,13(5)6)20-10-16(18)15-8-14(7)9-19-17(15)20/h8-9,11-13,16H,10H2,1-7H3. The Balaban J connectivity index is 2.59. The van der Waals surface area contributed by atoms with Gasteiger partial charge in [-0.3, -0.25) is 0 Å². The predicted octanol–water partition coefficient (Wildman–Crippen LogP) is 5.86. The van der Waals surface area contributed by atoms with Crippen LogP contribution in [0.2, 0.25) is 16.6 Å². The second kappa shape index (κ2) is 6.18. The number of hydrogen-bond acceptors (Lipinski definition) is 2. The van der Waals surface area contributed by atoms with Gasteiger partial charge in [0, 0.05) is 18.3 Å². The van der Waals surface area contributed by atoms with Gasteiger partial charge < -0.3 is 4.57 Å². The quantitative estimate of drug-likeness (QED) is 0.347. The van der Waals surface area contributed by atoms with Crippen molar-refractivity contribution in [2.24, 2.45) is 0 Å². The van der Waals surface area contributed by atoms with E-state index >= 15 is 0 Å². The summed E-state index contributed by atoms with van der Waals surface area (Å²) in [7, 11) is -1.64. The highest BCUT2D eigenvalue weighted by molar-refractivity contribution is 14.1. The molecule has 0 radical (unpaired) electrons. The number of rotatable bonds is 4. The van der Waals surface area contributed by atoms with E-state index in [0.29, 0.717) is 3.92 Å². The Labute approximate surface area is 145 Å². The van der Waals surface area contributed by atoms with E-state index in [2.05, 4.69) is 81.7 Å². The fourth-order valence-electron chi connectivity index (χ4n) is 4.66. The van der Waals surface area contributed by atoms with Crippen LogP contribution in [0.4, 0.5) is 5.82 Å². The zero-order valence-electron chi connectivity index (χ0n) is 14.4. The van der Waals surface area contributed by atoms with Crippen LogP contribution in [0.15, 0.2) is 12.3 Å². The van der Waals surface area contributed by atoms with Crippen LogP contribution in [-0.4, -0.2) is 19.8 Å². The van der Waals surface area contributed by atoms with Crippen LogP contribution in [0.25, 0.3) is 0 Å². The van der Waals surface area contributed by atoms with Crippen molar-refractivity contribution in [3.05, 3.63) is 23.4 Å². The third-order valence-corrected chi connectivity index (χ3v) is 13.2. The predicted molar refractivity (Wildman–Crippen MR) is 104 cm³/mol. The smallest absolute Gasteiger partial charge is 0.166 e. The van der Waals surface area contributed by atoms with Crippen molar-refractivity contribution in [1.82, 2.24) is 4.98 Å². The number of fused-ring (bicyclic) bond motifs is 1. The summed E-state index contributed by atoms with van der Waals surface area (Å²) in [6.07, 6.45) is 2.04. The summed E-state index contributed by atoms with van der Waals surface area (Å²) < 4.78 is 3.34. The second-order valence-electron chi connectivity index (χ2n) is 7.36. The van der Waals surface area contributed by atoms with Gasteiger partial charge in [0.05, 0.1) is 3.92 Å². The second-order valence-corrected chi connectivity index (χ2v) is 14.6. The Bertz CT molecular complexity index is 492. The number of alkyl halides is 1. The van der Waals surface area contributed by atoms with E-state index in [1.807, 2.05) is 6.20 Å². The first-order valence-electron chi connectivity index (χ1n) is 8.11. The normalized spacial score (nSPS) is 19.0. The van der Waals surface area contributed by atoms with Crippen molar-refractivity contribution in [1.29, 1.82) is 0 Å². The molecular weight excluding hydrogens is 387 g/mol. The Hall–Kier alpha value is -0.103. The van der Waals surface area contributed by atoms with E-state index in [9.17, 15) is 0 Å². The van der Waals surface area contributed by atoms with Crippen LogP contribution in [0.1, 0.15) is 56.6 Å². The topological polar surface area (TPSA) is 16.1 Å². The molecule has 0 fully saturated rings. The highest BCUT2D eigenvalue weighted by atomic mass is 127. The minimum absolute atomic E-state index is 0.577. The monoisotopic (exact) mass is 416 g/mol. The van der Waals surface area contributed by atoms with E-state index in [4.69, 9.17) is 4.98 Å². The maximum Gasteiger partial charge on any atom is 0.166 e. The highest BCUT2D eigenvalue weighted by Crippen LogP contribution is 2.51. The zero-order chi connectivity index (χ0) is 15.9. The third-order valence-electron chi connectivity index (χ3n) is 5.21. The Morgan fingerprint density at radius 2 is 1.67 bits per heavy atom. The maximum absolute atomic E-state index is 4.86. The number of aromatic nitrogens is 1. The van der Waals surface area contributed by atoms with Crippen molar-refractivity contribution in [3.63, 3.8) is 0 Å². The van der Waals surface area contributed by atoms with Crippen LogP contribution in [0.5, 0.6) is 0 Å². The Morgan fingerprint density at radius 3 is 2.14 bits per heavy atom. The first-order valence-corrected chi connectivity index (χ1v) is 11.5. The van der Waals surface area contributed by atoms with E-state index in [1.165, 1.54) is 16.9 Å². The summed E-state index contributed by atoms with van der Waals surface area (Å²) in [5, 5.41) is 0. The van der Waals surface area contributed by atoms with Crippen molar-refractivity contribution in [2.75, 3.05) is 11.1 Å². The van der Waals surface area contributed by atoms with E-state index in [0.717, 1.165) is 23.2 Å². The summed E-state index contributed by atoms with van der Waals surface area (Å²) >= 11 is 2.61. The molecule has 0 saturated carbocycles. The van der Waals surface area contributed by atoms with Gasteiger partial charge in [-0.05, 0) is 35.2 Å². The summed E-state index contributed by atoms with van der Waals surface area (Å²) in [4.78, 5) is 4.86. The Kier molecular flexibility index (Phi) is 5.08. The number of halogens is 1. The van der Waals surface area contributed by atoms with Gasteiger partial charge in [0.2, 0.25) is 0 Å². The lowest BCUT2D eigenvalue weighted by molar-refractivity contribution is 0.775. The highest BCUT2D eigenvalue weighted by Gasteiger charge is 2.51. The summed E-state index contributed by atoms with van der Waals surface area (Å²) in [6, 6.07) is 2.35. The number of pyridine rings is 1. The molecule has 4 heteroatoms. The molecule has 0 amide bonds. The first-order chi connectivity index (χ1) is 9.72. The van der Waals surface area contributed by atoms with Gasteiger partial charge >= 0.3 is 0 Å². The van der Waals surface area contributed by atoms with Crippen LogP contribution in [-0.2, 0) is 0 Å². The lowest BCUT2D eigenvalue weighted by Gasteiger charge is -2.50. The minimum Gasteiger partial charge on any atom is -0.380 e. The van der Waals surface area contributed by atoms with E-state index in [-0.39, 0.29) is 0 Å². The van der Waals surface area contributed by atoms with Crippen LogP contribution in [0, 0.1) is 6.92 Å². The van der Waals surface area contributed by atoms with Gasteiger partial charge in [-0.15, -0.1) is 0 Å². The molecule has 1 atom stereocenters. The van der Waals surface area contributed by atoms with Crippen LogP contribution < -0.4 is 4.57 Å². The molecule has 1 aromatic heterocycles. The van der Waals surface area contributed by atoms with E-state index in [1.54, 1.807) is 0 Å². The molecule has 2 heterocycles. The molecule has 1 aromatic rings. The van der Waals surface area contributed by atoms with Crippen molar-refractivity contribution < 1.29 is 0 Å². The Morgan fingerprint density at radius 1 is 1.14 bits per heavy atom. The molecule has 0 aliphatic carbocycles. The molecule has 0 N–H and O–H groups in total. The van der Waals surface area contributed by atoms with Gasteiger partial charge in [-0.25, -0.2) is 4.98 Å². The summed E-state index contributed by atoms with van der Waals surface area (Å²) in [6.45, 7) is 17.9. The van der Waals surface area contributed by atoms with Gasteiger partial charge in [0.1, 0.15) is 5.82 Å². The number of aryl methyl sites for hydroxylation is 1. The molecule has 0 spiro atoms. The molecule has 2 rings (SSSR count). The minimum atomic E-state index is -1.64. The fourth-order valence-corrected chi connectivity index (χ4v) is 12.8. The van der Waals surface area contributed by atoms with Crippen LogP contribution >= 0.6 is 22.6 Å². The largest absolute Gasteiger partial charge is 0.380 e. The average molecular weight is 416 g/mol. The lowest BCUT2D eigenvalue weighted by Crippen LogP contribution is -2.60. The molecule has 2 nitrogen and oxygen atoms in total. The molecular formula is C17H29IN2Si. The first kappa shape index (κ1) is 17.3. The van der Waals surface area contributed by atoms with Gasteiger partial charge in [-0.1, -0.05) is 64.1 Å². The van der Waals surface area contributed by atoms with Crippen LogP contribution in [0.3, 0.4) is 0 Å². The summed E-state index contributed by atoms with van der Waals surface area (Å²) in [5.41, 5.74) is 4.93. The SMILES string of the molecule is Cc1cnc2c(c1)C(I)CN2[Si](C(C)C)(C(C)C)C(C)C. The maximum atomic E-state index is 4.86. The molecule has 0 aromatic carbocycles. The molecule has 0 saturated heterocycles. The molecule has 0 bridgehead atoms. The number of hydrogen-bond donors (Lipinski definition) is 0. The van der Waals surface area contributed by atoms with Gasteiger partial charge in [-0.2, -0.15) is 0 Å². The molecule has 1 aliphatic rings. The number of anilines is 1. The fraction of sp³-hybridized carbons (Fsp3) is 0.706. The average Bonchev–Trinajstić information content (AvgIpc) is 2.66. The molecule has 1 aliphatic heterocycles. The van der Waals surface area contributed by atoms with Gasteiger partial charge in [0.15, 0.2) is 8.24 Å². The third kappa shape index (κ3) is 2.67. The lowest BCUT2D eigenvalue weighted by atomic mass is 10.2. The zero-order valence-corrected chi connectivity index (χ0v) is 17.6. The summed E-state index contributed by atoms with van der Waals surface area (Å²) in [5.74, 6) is 1.28. The van der Waals surface area contributed by atoms with Crippen molar-refractivity contribution in [3.8, 4) is 0 Å². The van der Waals surface area contributed by atoms with Crippen molar-refractivity contribution >= 4 is 36.6 Å². The number of nitrogens with zero attached hydrogens (tertiary/aromatic N) is 2. The molecule has 118 valence electrons. The molecule has 21 heavy (non-hydrogen) atoms. The molecule has 1 unspecified atom stereocenters. The van der Waals surface area contributed by atoms with Crippen molar-refractivity contribution in [2.45, 2.75) is 69.0 Å². The van der Waals surface area contributed by atoms with E-state index < -0.39 is 8.24 Å². The van der Waals surface area contributed by atoms with Gasteiger partial charge in [0.25, 0.3) is 0 Å².